The maximum absolute atomic E-state index is 17.1. The fourth-order valence-electron chi connectivity index (χ4n) is 22.1. The quantitative estimate of drug-likeness (QED) is 0.0210. The van der Waals surface area contributed by atoms with Crippen LogP contribution in [0.15, 0.2) is 70.6 Å². The third kappa shape index (κ3) is 12.3. The number of allylic oxidation sites excluding steroid dienone is 3. The molecule has 12 rings (SSSR count). The first-order valence-corrected chi connectivity index (χ1v) is 37.8. The summed E-state index contributed by atoms with van der Waals surface area (Å²) in [5, 5.41) is 121. The van der Waals surface area contributed by atoms with Gasteiger partial charge in [-0.15, -0.1) is 5.92 Å². The van der Waals surface area contributed by atoms with Crippen molar-refractivity contribution in [3.63, 3.8) is 0 Å². The number of aliphatic hydroxyl groups excluding tert-OH is 5. The summed E-state index contributed by atoms with van der Waals surface area (Å²) >= 11 is 0. The number of rotatable bonds is 12. The van der Waals surface area contributed by atoms with Crippen LogP contribution in [0, 0.1) is 106 Å². The molecule has 25 atom stereocenters. The summed E-state index contributed by atoms with van der Waals surface area (Å²) in [5.74, 6) is -0.259. The number of benzene rings is 1. The number of carbonyl (C=O) groups is 3. The van der Waals surface area contributed by atoms with Gasteiger partial charge in [-0.05, 0) is 204 Å². The standard InChI is InChI=1S/C73H104N6O13S2/c1-5-57-59(60(68(89)92-57)44-21-24-77-34-44)42-9-7-10-43-31-73(91)62-53(20-22-71(73,23-25-78-69(74)75)66(43)70(3,90)58(84)30-51(67(87)88)48-19-16-41-13-12-38(2)26-49(41)50(48)28-42)72(46-11-6-8-39(27-46)33-76-4)32-56(83)64(85)52-37-94-93-36-45(40-14-17-47(81)18-15-40)29-55(82)54(35-80)79-63(62)65(86)61(52)72/h14-18,21,24,34,38-39,42-43,45-46,48-54,56-61,64,66-67,76-77,79-81,83-85,87-88,90-91H,5-6,8,10-13,19-20,22-23,25-33,35-37H2,1-4H3,(H4,74,75,78). The van der Waals surface area contributed by atoms with Crippen molar-refractivity contribution in [1.29, 1.82) is 0 Å². The molecule has 16 N–H and O–H groups in total. The average Bonchev–Trinajstić information content (AvgIpc) is 1.31. The third-order valence-electron chi connectivity index (χ3n) is 26.0. The zero-order valence-corrected chi connectivity index (χ0v) is 56.8. The number of nitrogens with two attached hydrogens (primary N) is 2. The molecule has 0 amide bonds. The van der Waals surface area contributed by atoms with Crippen molar-refractivity contribution < 1.29 is 65.1 Å². The van der Waals surface area contributed by atoms with Gasteiger partial charge in [-0.3, -0.25) is 19.4 Å². The molecule has 3 heterocycles. The van der Waals surface area contributed by atoms with Gasteiger partial charge in [0.25, 0.3) is 0 Å². The molecule has 19 nitrogen and oxygen atoms in total. The number of nitrogens with zero attached hydrogens (tertiary/aromatic N) is 1. The number of hydrogen-bond donors (Lipinski definition) is 14. The molecule has 2 saturated heterocycles. The number of hydrogen-bond acceptors (Lipinski definition) is 18. The second-order valence-corrected chi connectivity index (χ2v) is 33.4. The number of phenols is 1. The number of aromatic amines is 1. The molecule has 5 saturated carbocycles. The fourth-order valence-corrected chi connectivity index (χ4v) is 24.9. The molecule has 0 spiro atoms. The van der Waals surface area contributed by atoms with Gasteiger partial charge in [0.2, 0.25) is 0 Å². The van der Waals surface area contributed by atoms with E-state index >= 15 is 14.7 Å². The lowest BCUT2D eigenvalue weighted by Gasteiger charge is -2.66. The molecule has 2 aromatic rings. The number of cyclic esters (lactones) is 1. The molecule has 0 radical (unpaired) electrons. The van der Waals surface area contributed by atoms with Crippen LogP contribution in [0.3, 0.4) is 0 Å². The largest absolute Gasteiger partial charge is 0.508 e. The Morgan fingerprint density at radius 2 is 1.72 bits per heavy atom. The van der Waals surface area contributed by atoms with Crippen molar-refractivity contribution >= 4 is 45.1 Å². The minimum Gasteiger partial charge on any atom is -0.508 e. The highest BCUT2D eigenvalue weighted by molar-refractivity contribution is 8.76. The van der Waals surface area contributed by atoms with Crippen LogP contribution in [-0.2, 0) is 19.1 Å². The predicted octanol–water partition coefficient (Wildman–Crippen LogP) is 6.32. The van der Waals surface area contributed by atoms with Crippen LogP contribution in [-0.4, -0.2) is 161 Å². The number of carbonyl (C=O) groups excluding carboxylic acids is 3. The highest BCUT2D eigenvalue weighted by atomic mass is 33.1. The lowest BCUT2D eigenvalue weighted by molar-refractivity contribution is -0.209. The molecule has 7 fully saturated rings. The molecular formula is C73H104N6O13S2. The number of guanidine groups is 1. The number of aliphatic hydroxyl groups is 8. The number of H-pyrrole nitrogens is 1. The molecule has 8 aliphatic carbocycles. The summed E-state index contributed by atoms with van der Waals surface area (Å²) in [4.78, 5) is 54.4. The SMILES string of the molecule is CCC1OC(=O)C(c2cc[nH]c2)C1C1C#CCC2CC3(O)C4=C5NC(CO)C(=O)CC(c6ccc(O)cc6)CSSCC6C(O)C(O)CC(C7CCCC(CNC)C7)(C4CCC3(CCN=C(N)N)C2C(C)(O)C(O)CC(C(O)O)C2CC=C3CCC(C)CC3C2C1)C6C5=O. The summed E-state index contributed by atoms with van der Waals surface area (Å²) in [6.07, 6.45) is 7.08. The number of ketones is 2. The minimum absolute atomic E-state index is 0.0237. The number of aliphatic imine (C=N–C) groups is 1. The van der Waals surface area contributed by atoms with E-state index in [1.807, 2.05) is 26.2 Å². The Kier molecular flexibility index (Phi) is 20.7. The van der Waals surface area contributed by atoms with Crippen molar-refractivity contribution in [3.05, 3.63) is 76.8 Å². The van der Waals surface area contributed by atoms with Gasteiger partial charge in [-0.1, -0.05) is 71.6 Å². The van der Waals surface area contributed by atoms with Crippen molar-refractivity contribution in [1.82, 2.24) is 15.6 Å². The Balaban J connectivity index is 1.08. The molecule has 10 aliphatic rings. The van der Waals surface area contributed by atoms with Gasteiger partial charge >= 0.3 is 5.97 Å². The number of ether oxygens (including phenoxy) is 1. The second kappa shape index (κ2) is 28.1. The van der Waals surface area contributed by atoms with Crippen molar-refractivity contribution in [3.8, 4) is 17.6 Å². The number of esters is 1. The lowest BCUT2D eigenvalue weighted by atomic mass is 9.39. The van der Waals surface area contributed by atoms with Gasteiger partial charge in [-0.25, -0.2) is 0 Å². The molecule has 94 heavy (non-hydrogen) atoms. The fraction of sp³-hybridized carbons (Fsp3) is 0.726. The smallest absolute Gasteiger partial charge is 0.314 e. The van der Waals surface area contributed by atoms with Gasteiger partial charge < -0.3 is 77.8 Å². The average molecular weight is 1340 g/mol. The molecule has 1 aromatic carbocycles. The van der Waals surface area contributed by atoms with Gasteiger partial charge in [-0.2, -0.15) is 0 Å². The van der Waals surface area contributed by atoms with Crippen LogP contribution in [0.25, 0.3) is 0 Å². The highest BCUT2D eigenvalue weighted by Crippen LogP contribution is 2.75. The number of nitrogens with one attached hydrogen (secondary N) is 3. The number of Topliss-reactive ketones (excluding diaryl/α,β-unsaturated/α-hetero) is 2. The Morgan fingerprint density at radius 1 is 0.947 bits per heavy atom. The lowest BCUT2D eigenvalue weighted by Crippen LogP contribution is -2.69. The van der Waals surface area contributed by atoms with Crippen LogP contribution in [0.2, 0.25) is 0 Å². The van der Waals surface area contributed by atoms with Gasteiger partial charge in [0.05, 0.1) is 47.7 Å². The van der Waals surface area contributed by atoms with E-state index in [-0.39, 0.29) is 110 Å². The molecule has 2 aliphatic heterocycles. The first-order chi connectivity index (χ1) is 45.0. The van der Waals surface area contributed by atoms with E-state index in [1.165, 1.54) is 27.2 Å². The summed E-state index contributed by atoms with van der Waals surface area (Å²) in [6, 6.07) is 7.23. The Hall–Kier alpha value is -4.44. The van der Waals surface area contributed by atoms with E-state index < -0.39 is 136 Å². The zero-order valence-electron chi connectivity index (χ0n) is 55.2. The number of phenolic OH excluding ortho intramolecular Hbond substituents is 1. The van der Waals surface area contributed by atoms with E-state index in [9.17, 15) is 45.6 Å². The highest BCUT2D eigenvalue weighted by Gasteiger charge is 2.76. The number of aromatic nitrogens is 1. The van der Waals surface area contributed by atoms with E-state index in [0.29, 0.717) is 49.3 Å². The van der Waals surface area contributed by atoms with E-state index in [1.54, 1.807) is 37.4 Å². The predicted molar refractivity (Wildman–Crippen MR) is 361 cm³/mol. The molecular weight excluding hydrogens is 1230 g/mol. The van der Waals surface area contributed by atoms with E-state index in [4.69, 9.17) is 16.2 Å². The molecule has 516 valence electrons. The first kappa shape index (κ1) is 69.5. The van der Waals surface area contributed by atoms with Gasteiger partial charge in [0.15, 0.2) is 23.8 Å². The summed E-state index contributed by atoms with van der Waals surface area (Å²) in [6.45, 7) is 5.82. The topological polar surface area (TPSA) is 347 Å². The van der Waals surface area contributed by atoms with Gasteiger partial charge in [0, 0.05) is 90.1 Å². The molecule has 21 heteroatoms. The van der Waals surface area contributed by atoms with Crippen LogP contribution in [0.4, 0.5) is 0 Å². The summed E-state index contributed by atoms with van der Waals surface area (Å²) in [5.41, 5.74) is 8.77. The van der Waals surface area contributed by atoms with Crippen LogP contribution in [0.1, 0.15) is 159 Å². The van der Waals surface area contributed by atoms with Crippen molar-refractivity contribution in [2.75, 3.05) is 38.2 Å². The Labute approximate surface area is 561 Å². The Morgan fingerprint density at radius 3 is 2.44 bits per heavy atom. The monoisotopic (exact) mass is 1340 g/mol. The van der Waals surface area contributed by atoms with E-state index in [2.05, 4.69) is 45.5 Å². The summed E-state index contributed by atoms with van der Waals surface area (Å²) < 4.78 is 6.33. The van der Waals surface area contributed by atoms with Gasteiger partial charge in [0.1, 0.15) is 17.9 Å². The zero-order chi connectivity index (χ0) is 66.8. The van der Waals surface area contributed by atoms with Crippen molar-refractivity contribution in [2.24, 2.45) is 110 Å². The second-order valence-electron chi connectivity index (χ2n) is 30.8. The molecule has 25 unspecified atom stereocenters. The van der Waals surface area contributed by atoms with E-state index in [0.717, 1.165) is 56.2 Å². The maximum Gasteiger partial charge on any atom is 0.314 e. The number of aromatic hydroxyl groups is 1. The first-order valence-electron chi connectivity index (χ1n) is 35.3. The normalized spacial score (nSPS) is 43.5. The Bertz CT molecular complexity index is 3220. The molecule has 1 aromatic heterocycles. The maximum atomic E-state index is 17.1. The minimum atomic E-state index is -2.13. The van der Waals surface area contributed by atoms with Crippen LogP contribution in [0.5, 0.6) is 5.75 Å². The van der Waals surface area contributed by atoms with Crippen molar-refractivity contribution in [2.45, 2.75) is 196 Å². The summed E-state index contributed by atoms with van der Waals surface area (Å²) in [7, 11) is 4.94. The van der Waals surface area contributed by atoms with Crippen LogP contribution >= 0.6 is 21.6 Å². The van der Waals surface area contributed by atoms with Crippen LogP contribution < -0.4 is 22.1 Å². The number of fused-ring (bicyclic) bond motifs is 10. The molecule has 2 bridgehead atoms. The third-order valence-corrected chi connectivity index (χ3v) is 28.6.